The van der Waals surface area contributed by atoms with E-state index in [1.165, 1.54) is 6.26 Å². The van der Waals surface area contributed by atoms with Crippen molar-refractivity contribution < 1.29 is 28.8 Å². The smallest absolute Gasteiger partial charge is 0.326 e. The van der Waals surface area contributed by atoms with Gasteiger partial charge in [0.25, 0.3) is 0 Å². The van der Waals surface area contributed by atoms with Crippen molar-refractivity contribution in [3.8, 4) is 0 Å². The molecule has 0 aliphatic heterocycles. The molecule has 2 amide bonds. The minimum absolute atomic E-state index is 0.0321. The Labute approximate surface area is 119 Å². The van der Waals surface area contributed by atoms with Crippen LogP contribution in [0.1, 0.15) is 26.2 Å². The van der Waals surface area contributed by atoms with Crippen LogP contribution in [-0.4, -0.2) is 56.5 Å². The third kappa shape index (κ3) is 8.46. The van der Waals surface area contributed by atoms with E-state index in [1.807, 2.05) is 0 Å². The van der Waals surface area contributed by atoms with Crippen molar-refractivity contribution in [2.45, 2.75) is 37.5 Å². The molecule has 4 N–H and O–H groups in total. The van der Waals surface area contributed by atoms with Gasteiger partial charge in [0.1, 0.15) is 6.04 Å². The first kappa shape index (κ1) is 18.4. The molecule has 0 bridgehead atoms. The van der Waals surface area contributed by atoms with E-state index in [2.05, 4.69) is 10.6 Å². The second-order valence-electron chi connectivity index (χ2n) is 4.34. The summed E-state index contributed by atoms with van der Waals surface area (Å²) in [5, 5.41) is 21.8. The SMILES string of the molecule is CC(CNC(=O)N[C@H](CCCC(=O)O)C(=O)O)S(C)=O. The van der Waals surface area contributed by atoms with Crippen LogP contribution in [0.4, 0.5) is 4.79 Å². The largest absolute Gasteiger partial charge is 0.481 e. The van der Waals surface area contributed by atoms with Gasteiger partial charge in [0, 0.05) is 35.3 Å². The summed E-state index contributed by atoms with van der Waals surface area (Å²) in [6, 6.07) is -1.82. The molecule has 0 saturated heterocycles. The summed E-state index contributed by atoms with van der Waals surface area (Å²) in [4.78, 5) is 32.7. The van der Waals surface area contributed by atoms with Crippen molar-refractivity contribution in [1.82, 2.24) is 10.6 Å². The van der Waals surface area contributed by atoms with Gasteiger partial charge in [-0.15, -0.1) is 0 Å². The Kier molecular flexibility index (Phi) is 8.53. The van der Waals surface area contributed by atoms with Crippen molar-refractivity contribution in [2.75, 3.05) is 12.8 Å². The van der Waals surface area contributed by atoms with Gasteiger partial charge in [-0.1, -0.05) is 0 Å². The first-order valence-corrected chi connectivity index (χ1v) is 7.67. The summed E-state index contributed by atoms with van der Waals surface area (Å²) < 4.78 is 11.1. The van der Waals surface area contributed by atoms with E-state index in [-0.39, 0.29) is 31.1 Å². The topological polar surface area (TPSA) is 133 Å². The Morgan fingerprint density at radius 3 is 2.30 bits per heavy atom. The van der Waals surface area contributed by atoms with Crippen LogP contribution in [-0.2, 0) is 20.4 Å². The van der Waals surface area contributed by atoms with E-state index < -0.39 is 34.8 Å². The maximum absolute atomic E-state index is 11.5. The number of carboxylic acids is 2. The van der Waals surface area contributed by atoms with E-state index >= 15 is 0 Å². The van der Waals surface area contributed by atoms with Gasteiger partial charge in [0.2, 0.25) is 0 Å². The number of rotatable bonds is 9. The molecule has 0 saturated carbocycles. The van der Waals surface area contributed by atoms with E-state index in [4.69, 9.17) is 10.2 Å². The zero-order valence-corrected chi connectivity index (χ0v) is 12.2. The van der Waals surface area contributed by atoms with E-state index in [9.17, 15) is 18.6 Å². The maximum Gasteiger partial charge on any atom is 0.326 e. The first-order valence-electron chi connectivity index (χ1n) is 6.05. The lowest BCUT2D eigenvalue weighted by Gasteiger charge is -2.16. The molecule has 0 aliphatic carbocycles. The van der Waals surface area contributed by atoms with Crippen LogP contribution in [0.3, 0.4) is 0 Å². The number of carbonyl (C=O) groups excluding carboxylic acids is 1. The van der Waals surface area contributed by atoms with Gasteiger partial charge < -0.3 is 20.8 Å². The summed E-state index contributed by atoms with van der Waals surface area (Å²) in [5.74, 6) is -2.24. The maximum atomic E-state index is 11.5. The Balaban J connectivity index is 4.17. The van der Waals surface area contributed by atoms with Crippen molar-refractivity contribution in [3.63, 3.8) is 0 Å². The van der Waals surface area contributed by atoms with Gasteiger partial charge in [-0.05, 0) is 19.8 Å². The molecule has 0 aliphatic rings. The van der Waals surface area contributed by atoms with Crippen LogP contribution in [0.2, 0.25) is 0 Å². The molecule has 0 aromatic carbocycles. The van der Waals surface area contributed by atoms with Gasteiger partial charge in [-0.3, -0.25) is 9.00 Å². The van der Waals surface area contributed by atoms with Gasteiger partial charge in [-0.2, -0.15) is 0 Å². The molecule has 0 spiro atoms. The van der Waals surface area contributed by atoms with Gasteiger partial charge >= 0.3 is 18.0 Å². The predicted molar refractivity (Wildman–Crippen MR) is 73.0 cm³/mol. The number of aliphatic carboxylic acids is 2. The second kappa shape index (κ2) is 9.29. The standard InChI is InChI=1S/C11H20N2O6S/c1-7(20(2)19)6-12-11(18)13-8(10(16)17)4-3-5-9(14)15/h7-8H,3-6H2,1-2H3,(H,14,15)(H,16,17)(H2,12,13,18)/t7?,8-,20?/m1/s1. The third-order valence-electron chi connectivity index (χ3n) is 2.60. The number of carboxylic acid groups (broad SMARTS) is 2. The molecule has 20 heavy (non-hydrogen) atoms. The zero-order valence-electron chi connectivity index (χ0n) is 11.4. The molecule has 3 atom stereocenters. The lowest BCUT2D eigenvalue weighted by molar-refractivity contribution is -0.140. The van der Waals surface area contributed by atoms with Gasteiger partial charge in [0.05, 0.1) is 0 Å². The Morgan fingerprint density at radius 1 is 1.25 bits per heavy atom. The molecular weight excluding hydrogens is 288 g/mol. The fraction of sp³-hybridized carbons (Fsp3) is 0.727. The fourth-order valence-corrected chi connectivity index (χ4v) is 1.60. The van der Waals surface area contributed by atoms with Crippen LogP contribution in [0.5, 0.6) is 0 Å². The normalized spacial score (nSPS) is 14.9. The average molecular weight is 308 g/mol. The Hall–Kier alpha value is -1.64. The van der Waals surface area contributed by atoms with Crippen molar-refractivity contribution in [1.29, 1.82) is 0 Å². The molecule has 0 aromatic rings. The first-order chi connectivity index (χ1) is 9.23. The average Bonchev–Trinajstić information content (AvgIpc) is 2.33. The molecule has 0 fully saturated rings. The van der Waals surface area contributed by atoms with Gasteiger partial charge in [-0.25, -0.2) is 9.59 Å². The minimum atomic E-state index is -1.22. The lowest BCUT2D eigenvalue weighted by atomic mass is 10.1. The molecule has 9 heteroatoms. The molecule has 2 unspecified atom stereocenters. The summed E-state index contributed by atoms with van der Waals surface area (Å²) in [5.41, 5.74) is 0. The van der Waals surface area contributed by atoms with Crippen LogP contribution in [0, 0.1) is 0 Å². The predicted octanol–water partition coefficient (Wildman–Crippen LogP) is -0.239. The van der Waals surface area contributed by atoms with Crippen LogP contribution >= 0.6 is 0 Å². The van der Waals surface area contributed by atoms with E-state index in [1.54, 1.807) is 6.92 Å². The molecular formula is C11H20N2O6S. The highest BCUT2D eigenvalue weighted by Gasteiger charge is 2.20. The number of carbonyl (C=O) groups is 3. The summed E-state index contributed by atoms with van der Waals surface area (Å²) >= 11 is 0. The number of hydrogen-bond donors (Lipinski definition) is 4. The highest BCUT2D eigenvalue weighted by molar-refractivity contribution is 7.84. The number of nitrogens with one attached hydrogen (secondary N) is 2. The summed E-state index contributed by atoms with van der Waals surface area (Å²) in [7, 11) is -1.08. The number of urea groups is 1. The summed E-state index contributed by atoms with van der Waals surface area (Å²) in [6.45, 7) is 1.86. The molecule has 0 aromatic heterocycles. The number of amides is 2. The van der Waals surface area contributed by atoms with E-state index in [0.29, 0.717) is 0 Å². The monoisotopic (exact) mass is 308 g/mol. The molecule has 0 rings (SSSR count). The Bertz CT molecular complexity index is 387. The molecule has 116 valence electrons. The van der Waals surface area contributed by atoms with Crippen LogP contribution < -0.4 is 10.6 Å². The highest BCUT2D eigenvalue weighted by Crippen LogP contribution is 2.01. The Morgan fingerprint density at radius 2 is 1.85 bits per heavy atom. The van der Waals surface area contributed by atoms with Gasteiger partial charge in [0.15, 0.2) is 0 Å². The van der Waals surface area contributed by atoms with E-state index in [0.717, 1.165) is 0 Å². The lowest BCUT2D eigenvalue weighted by Crippen LogP contribution is -2.47. The van der Waals surface area contributed by atoms with Crippen molar-refractivity contribution in [2.24, 2.45) is 0 Å². The second-order valence-corrected chi connectivity index (χ2v) is 6.14. The quantitative estimate of drug-likeness (QED) is 0.464. The minimum Gasteiger partial charge on any atom is -0.481 e. The molecule has 0 radical (unpaired) electrons. The molecule has 8 nitrogen and oxygen atoms in total. The van der Waals surface area contributed by atoms with Crippen molar-refractivity contribution >= 4 is 28.8 Å². The highest BCUT2D eigenvalue weighted by atomic mass is 32.2. The van der Waals surface area contributed by atoms with Crippen molar-refractivity contribution in [3.05, 3.63) is 0 Å². The summed E-state index contributed by atoms with van der Waals surface area (Å²) in [6.07, 6.45) is 1.54. The zero-order chi connectivity index (χ0) is 15.7. The van der Waals surface area contributed by atoms with Crippen LogP contribution in [0.15, 0.2) is 0 Å². The van der Waals surface area contributed by atoms with Crippen LogP contribution in [0.25, 0.3) is 0 Å². The fourth-order valence-electron chi connectivity index (χ4n) is 1.28. The third-order valence-corrected chi connectivity index (χ3v) is 3.90. The number of hydrogen-bond acceptors (Lipinski definition) is 4. The molecule has 0 heterocycles.